The number of benzene rings is 1. The van der Waals surface area contributed by atoms with Gasteiger partial charge >= 0.3 is 0 Å². The van der Waals surface area contributed by atoms with Crippen LogP contribution in [0.1, 0.15) is 49.9 Å². The SMILES string of the molecule is CNC(C)Cc1noc(C2(c3cccc(Br)c3)CCCC2)n1.Cl. The maximum Gasteiger partial charge on any atom is 0.237 e. The van der Waals surface area contributed by atoms with E-state index in [0.29, 0.717) is 6.04 Å². The lowest BCUT2D eigenvalue weighted by Crippen LogP contribution is -2.25. The van der Waals surface area contributed by atoms with Gasteiger partial charge in [0.15, 0.2) is 5.82 Å². The molecule has 1 aromatic carbocycles. The Kier molecular flexibility index (Phi) is 6.23. The molecule has 1 fully saturated rings. The van der Waals surface area contributed by atoms with E-state index in [1.165, 1.54) is 18.4 Å². The fourth-order valence-corrected chi connectivity index (χ4v) is 3.70. The molecule has 1 saturated carbocycles. The van der Waals surface area contributed by atoms with Gasteiger partial charge < -0.3 is 9.84 Å². The Morgan fingerprint density at radius 2 is 2.09 bits per heavy atom. The van der Waals surface area contributed by atoms with Gasteiger partial charge in [-0.1, -0.05) is 46.1 Å². The third kappa shape index (κ3) is 3.78. The van der Waals surface area contributed by atoms with Gasteiger partial charge in [0.2, 0.25) is 5.89 Å². The van der Waals surface area contributed by atoms with Gasteiger partial charge in [-0.25, -0.2) is 0 Å². The first kappa shape index (κ1) is 18.4. The molecule has 6 heteroatoms. The Hall–Kier alpha value is -0.910. The lowest BCUT2D eigenvalue weighted by molar-refractivity contribution is 0.308. The van der Waals surface area contributed by atoms with E-state index in [2.05, 4.69) is 57.6 Å². The predicted octanol–water partition coefficient (Wildman–Crippen LogP) is 4.26. The minimum atomic E-state index is -0.113. The predicted molar refractivity (Wildman–Crippen MR) is 97.2 cm³/mol. The second-order valence-electron chi connectivity index (χ2n) is 6.21. The van der Waals surface area contributed by atoms with Crippen molar-refractivity contribution in [1.29, 1.82) is 0 Å². The summed E-state index contributed by atoms with van der Waals surface area (Å²) >= 11 is 3.58. The van der Waals surface area contributed by atoms with Crippen molar-refractivity contribution in [3.63, 3.8) is 0 Å². The van der Waals surface area contributed by atoms with Gasteiger partial charge in [-0.3, -0.25) is 0 Å². The Labute approximate surface area is 152 Å². The van der Waals surface area contributed by atoms with Crippen molar-refractivity contribution in [2.24, 2.45) is 0 Å². The van der Waals surface area contributed by atoms with E-state index in [4.69, 9.17) is 9.51 Å². The van der Waals surface area contributed by atoms with Crippen molar-refractivity contribution < 1.29 is 4.52 Å². The van der Waals surface area contributed by atoms with Crippen molar-refractivity contribution in [2.45, 2.75) is 50.5 Å². The first-order valence-electron chi connectivity index (χ1n) is 7.90. The number of nitrogens with zero attached hydrogens (tertiary/aromatic N) is 2. The zero-order chi connectivity index (χ0) is 15.6. The molecular formula is C17H23BrClN3O. The maximum atomic E-state index is 5.69. The highest BCUT2D eigenvalue weighted by molar-refractivity contribution is 9.10. The summed E-state index contributed by atoms with van der Waals surface area (Å²) in [6.07, 6.45) is 5.35. The number of hydrogen-bond donors (Lipinski definition) is 1. The first-order valence-corrected chi connectivity index (χ1v) is 8.70. The first-order chi connectivity index (χ1) is 10.6. The molecule has 1 heterocycles. The Balaban J connectivity index is 0.00000192. The number of rotatable bonds is 5. The van der Waals surface area contributed by atoms with Gasteiger partial charge in [-0.15, -0.1) is 12.4 Å². The minimum absolute atomic E-state index is 0. The lowest BCUT2D eigenvalue weighted by Gasteiger charge is -2.25. The van der Waals surface area contributed by atoms with Crippen LogP contribution in [0.2, 0.25) is 0 Å². The minimum Gasteiger partial charge on any atom is -0.338 e. The van der Waals surface area contributed by atoms with Gasteiger partial charge in [0, 0.05) is 16.9 Å². The van der Waals surface area contributed by atoms with Gasteiger partial charge in [0.05, 0.1) is 5.41 Å². The molecule has 0 bridgehead atoms. The number of nitrogens with one attached hydrogen (secondary N) is 1. The molecule has 1 unspecified atom stereocenters. The molecule has 0 spiro atoms. The zero-order valence-corrected chi connectivity index (χ0v) is 15.9. The fourth-order valence-electron chi connectivity index (χ4n) is 3.30. The van der Waals surface area contributed by atoms with Crippen molar-refractivity contribution in [1.82, 2.24) is 15.5 Å². The average Bonchev–Trinajstić information content (AvgIpc) is 3.16. The average molecular weight is 401 g/mol. The summed E-state index contributed by atoms with van der Waals surface area (Å²) in [5, 5.41) is 7.42. The van der Waals surface area contributed by atoms with Crippen LogP contribution in [-0.2, 0) is 11.8 Å². The van der Waals surface area contributed by atoms with Crippen molar-refractivity contribution >= 4 is 28.3 Å². The molecule has 0 radical (unpaired) electrons. The van der Waals surface area contributed by atoms with Crippen LogP contribution in [0, 0.1) is 0 Å². The van der Waals surface area contributed by atoms with E-state index in [1.54, 1.807) is 0 Å². The number of halogens is 2. The highest BCUT2D eigenvalue weighted by Crippen LogP contribution is 2.46. The second-order valence-corrected chi connectivity index (χ2v) is 7.12. The summed E-state index contributed by atoms with van der Waals surface area (Å²) in [4.78, 5) is 4.73. The second kappa shape index (κ2) is 7.77. The lowest BCUT2D eigenvalue weighted by atomic mass is 9.79. The van der Waals surface area contributed by atoms with Crippen LogP contribution in [0.4, 0.5) is 0 Å². The van der Waals surface area contributed by atoms with E-state index < -0.39 is 0 Å². The molecule has 0 amide bonds. The largest absolute Gasteiger partial charge is 0.338 e. The van der Waals surface area contributed by atoms with Gasteiger partial charge in [-0.2, -0.15) is 4.98 Å². The molecule has 1 aliphatic rings. The number of hydrogen-bond acceptors (Lipinski definition) is 4. The molecule has 23 heavy (non-hydrogen) atoms. The van der Waals surface area contributed by atoms with Crippen LogP contribution in [0.25, 0.3) is 0 Å². The molecule has 1 aromatic heterocycles. The molecule has 1 N–H and O–H groups in total. The highest BCUT2D eigenvalue weighted by atomic mass is 79.9. The monoisotopic (exact) mass is 399 g/mol. The van der Waals surface area contributed by atoms with Crippen LogP contribution >= 0.6 is 28.3 Å². The van der Waals surface area contributed by atoms with Crippen LogP contribution in [0.5, 0.6) is 0 Å². The third-order valence-corrected chi connectivity index (χ3v) is 5.19. The van der Waals surface area contributed by atoms with E-state index in [1.807, 2.05) is 7.05 Å². The topological polar surface area (TPSA) is 51.0 Å². The maximum absolute atomic E-state index is 5.69. The van der Waals surface area contributed by atoms with Gasteiger partial charge in [0.25, 0.3) is 0 Å². The van der Waals surface area contributed by atoms with Crippen LogP contribution in [-0.4, -0.2) is 23.2 Å². The molecule has 2 aromatic rings. The standard InChI is InChI=1S/C17H22BrN3O.ClH/c1-12(19-2)10-15-20-16(22-21-15)17(8-3-4-9-17)13-6-5-7-14(18)11-13;/h5-7,11-12,19H,3-4,8-10H2,1-2H3;1H. The summed E-state index contributed by atoms with van der Waals surface area (Å²) in [6, 6.07) is 8.84. The summed E-state index contributed by atoms with van der Waals surface area (Å²) < 4.78 is 6.78. The Morgan fingerprint density at radius 3 is 2.74 bits per heavy atom. The summed E-state index contributed by atoms with van der Waals surface area (Å²) in [7, 11) is 1.95. The van der Waals surface area contributed by atoms with Crippen LogP contribution < -0.4 is 5.32 Å². The summed E-state index contributed by atoms with van der Waals surface area (Å²) in [5.41, 5.74) is 1.16. The highest BCUT2D eigenvalue weighted by Gasteiger charge is 2.42. The zero-order valence-electron chi connectivity index (χ0n) is 13.5. The molecule has 126 valence electrons. The van der Waals surface area contributed by atoms with Crippen LogP contribution in [0.15, 0.2) is 33.3 Å². The molecular weight excluding hydrogens is 378 g/mol. The normalized spacial score (nSPS) is 17.7. The molecule has 1 aliphatic carbocycles. The molecule has 3 rings (SSSR count). The van der Waals surface area contributed by atoms with E-state index >= 15 is 0 Å². The molecule has 0 saturated heterocycles. The smallest absolute Gasteiger partial charge is 0.237 e. The number of likely N-dealkylation sites (N-methyl/N-ethyl adjacent to an activating group) is 1. The van der Waals surface area contributed by atoms with Crippen LogP contribution in [0.3, 0.4) is 0 Å². The van der Waals surface area contributed by atoms with E-state index in [9.17, 15) is 0 Å². The van der Waals surface area contributed by atoms with Crippen molar-refractivity contribution in [3.05, 3.63) is 46.0 Å². The van der Waals surface area contributed by atoms with E-state index in [-0.39, 0.29) is 17.8 Å². The van der Waals surface area contributed by atoms with Crippen molar-refractivity contribution in [2.75, 3.05) is 7.05 Å². The Morgan fingerprint density at radius 1 is 1.35 bits per heavy atom. The number of aromatic nitrogens is 2. The van der Waals surface area contributed by atoms with Gasteiger partial charge in [0.1, 0.15) is 0 Å². The summed E-state index contributed by atoms with van der Waals surface area (Å²) in [5.74, 6) is 1.57. The Bertz CT molecular complexity index is 640. The van der Waals surface area contributed by atoms with E-state index in [0.717, 1.165) is 35.5 Å². The quantitative estimate of drug-likeness (QED) is 0.814. The van der Waals surface area contributed by atoms with Crippen molar-refractivity contribution in [3.8, 4) is 0 Å². The van der Waals surface area contributed by atoms with Gasteiger partial charge in [-0.05, 0) is 44.5 Å². The molecule has 4 nitrogen and oxygen atoms in total. The third-order valence-electron chi connectivity index (χ3n) is 4.69. The fraction of sp³-hybridized carbons (Fsp3) is 0.529. The molecule has 0 aliphatic heterocycles. The molecule has 1 atom stereocenters. The summed E-state index contributed by atoms with van der Waals surface area (Å²) in [6.45, 7) is 2.12.